The highest BCUT2D eigenvalue weighted by atomic mass is 14.0. The number of rotatable bonds is 10. The summed E-state index contributed by atoms with van der Waals surface area (Å²) < 4.78 is 0. The van der Waals surface area contributed by atoms with Crippen molar-refractivity contribution in [3.63, 3.8) is 0 Å². The molecule has 0 aromatic heterocycles. The fourth-order valence-electron chi connectivity index (χ4n) is 2.21. The third kappa shape index (κ3) is 8.01. The summed E-state index contributed by atoms with van der Waals surface area (Å²) in [7, 11) is 0. The van der Waals surface area contributed by atoms with Gasteiger partial charge in [-0.1, -0.05) is 88.6 Å². The molecule has 1 rings (SSSR count). The third-order valence-electron chi connectivity index (χ3n) is 3.31. The minimum absolute atomic E-state index is 1.11. The molecule has 0 atom stereocenters. The molecule has 95 valence electrons. The van der Waals surface area contributed by atoms with Crippen LogP contribution < -0.4 is 0 Å². The van der Waals surface area contributed by atoms with Gasteiger partial charge in [0.2, 0.25) is 0 Å². The molecular formula is C17H27. The zero-order valence-electron chi connectivity index (χ0n) is 11.2. The lowest BCUT2D eigenvalue weighted by atomic mass is 10.0. The first-order valence-corrected chi connectivity index (χ1v) is 7.26. The Morgan fingerprint density at radius 1 is 0.647 bits per heavy atom. The molecule has 0 N–H and O–H groups in total. The molecule has 0 saturated carbocycles. The van der Waals surface area contributed by atoms with Crippen LogP contribution in [0.5, 0.6) is 0 Å². The average molecular weight is 231 g/mol. The van der Waals surface area contributed by atoms with E-state index >= 15 is 0 Å². The second-order valence-corrected chi connectivity index (χ2v) is 4.92. The van der Waals surface area contributed by atoms with Gasteiger partial charge in [0.1, 0.15) is 0 Å². The monoisotopic (exact) mass is 231 g/mol. The van der Waals surface area contributed by atoms with Crippen molar-refractivity contribution in [3.8, 4) is 0 Å². The predicted octanol–water partition coefficient (Wildman–Crippen LogP) is 5.57. The van der Waals surface area contributed by atoms with Crippen LogP contribution in [-0.4, -0.2) is 0 Å². The molecule has 0 aliphatic carbocycles. The number of unbranched alkanes of at least 4 members (excludes halogenated alkanes) is 8. The van der Waals surface area contributed by atoms with Gasteiger partial charge < -0.3 is 0 Å². The van der Waals surface area contributed by atoms with Crippen molar-refractivity contribution in [1.82, 2.24) is 0 Å². The summed E-state index contributed by atoms with van der Waals surface area (Å²) in [5.74, 6) is 0. The van der Waals surface area contributed by atoms with Gasteiger partial charge in [0.25, 0.3) is 0 Å². The van der Waals surface area contributed by atoms with Crippen LogP contribution in [0.3, 0.4) is 0 Å². The molecule has 0 spiro atoms. The van der Waals surface area contributed by atoms with Crippen LogP contribution in [0, 0.1) is 6.92 Å². The minimum Gasteiger partial charge on any atom is -0.0622 e. The first-order chi connectivity index (χ1) is 8.43. The molecule has 0 bridgehead atoms. The van der Waals surface area contributed by atoms with E-state index in [1.165, 1.54) is 63.4 Å². The molecular weight excluding hydrogens is 204 g/mol. The normalized spacial score (nSPS) is 10.6. The quantitative estimate of drug-likeness (QED) is 0.461. The smallest absolute Gasteiger partial charge is 0.0279 e. The molecule has 0 saturated heterocycles. The molecule has 0 aliphatic rings. The van der Waals surface area contributed by atoms with Crippen LogP contribution in [0.15, 0.2) is 30.3 Å². The maximum Gasteiger partial charge on any atom is -0.0279 e. The molecule has 0 amide bonds. The van der Waals surface area contributed by atoms with Gasteiger partial charge in [0, 0.05) is 0 Å². The Labute approximate surface area is 107 Å². The van der Waals surface area contributed by atoms with Crippen molar-refractivity contribution in [2.45, 2.75) is 64.2 Å². The van der Waals surface area contributed by atoms with Gasteiger partial charge in [-0.3, -0.25) is 0 Å². The Morgan fingerprint density at radius 2 is 1.18 bits per heavy atom. The Balaban J connectivity index is 1.85. The van der Waals surface area contributed by atoms with E-state index in [1.807, 2.05) is 0 Å². The van der Waals surface area contributed by atoms with Gasteiger partial charge in [-0.05, 0) is 18.4 Å². The Kier molecular flexibility index (Phi) is 8.72. The maximum absolute atomic E-state index is 3.87. The van der Waals surface area contributed by atoms with E-state index in [2.05, 4.69) is 37.3 Å². The van der Waals surface area contributed by atoms with Crippen LogP contribution in [0.1, 0.15) is 63.4 Å². The molecule has 0 unspecified atom stereocenters. The molecule has 0 heteroatoms. The Morgan fingerprint density at radius 3 is 1.76 bits per heavy atom. The molecule has 17 heavy (non-hydrogen) atoms. The third-order valence-corrected chi connectivity index (χ3v) is 3.31. The predicted molar refractivity (Wildman–Crippen MR) is 77.1 cm³/mol. The fraction of sp³-hybridized carbons (Fsp3) is 0.588. The van der Waals surface area contributed by atoms with Crippen molar-refractivity contribution >= 4 is 0 Å². The summed E-state index contributed by atoms with van der Waals surface area (Å²) in [6, 6.07) is 10.8. The van der Waals surface area contributed by atoms with Gasteiger partial charge >= 0.3 is 0 Å². The summed E-state index contributed by atoms with van der Waals surface area (Å²) in [4.78, 5) is 0. The molecule has 0 aliphatic heterocycles. The molecule has 0 fully saturated rings. The van der Waals surface area contributed by atoms with Gasteiger partial charge in [0.15, 0.2) is 0 Å². The lowest BCUT2D eigenvalue weighted by Gasteiger charge is -2.02. The van der Waals surface area contributed by atoms with E-state index in [4.69, 9.17) is 0 Å². The minimum atomic E-state index is 1.11. The van der Waals surface area contributed by atoms with E-state index in [1.54, 1.807) is 0 Å². The highest BCUT2D eigenvalue weighted by Crippen LogP contribution is 2.11. The maximum atomic E-state index is 3.87. The summed E-state index contributed by atoms with van der Waals surface area (Å²) in [5.41, 5.74) is 1.49. The SMILES string of the molecule is [CH2]CCCCCCCCCCc1ccccc1. The van der Waals surface area contributed by atoms with E-state index in [0.29, 0.717) is 0 Å². The lowest BCUT2D eigenvalue weighted by Crippen LogP contribution is -1.86. The summed E-state index contributed by atoms with van der Waals surface area (Å²) in [5, 5.41) is 0. The summed E-state index contributed by atoms with van der Waals surface area (Å²) >= 11 is 0. The van der Waals surface area contributed by atoms with Crippen LogP contribution >= 0.6 is 0 Å². The first-order valence-electron chi connectivity index (χ1n) is 7.26. The topological polar surface area (TPSA) is 0 Å². The molecule has 1 aromatic carbocycles. The standard InChI is InChI=1S/C17H27/c1-2-3-4-5-6-7-8-9-11-14-17-15-12-10-13-16-17/h10,12-13,15-16H,1-9,11,14H2. The number of aryl methyl sites for hydroxylation is 1. The second kappa shape index (κ2) is 10.4. The van der Waals surface area contributed by atoms with Gasteiger partial charge in [-0.25, -0.2) is 0 Å². The zero-order chi connectivity index (χ0) is 12.2. The van der Waals surface area contributed by atoms with Crippen LogP contribution in [-0.2, 0) is 6.42 Å². The van der Waals surface area contributed by atoms with Crippen molar-refractivity contribution in [2.75, 3.05) is 0 Å². The molecule has 1 radical (unpaired) electrons. The number of hydrogen-bond acceptors (Lipinski definition) is 0. The van der Waals surface area contributed by atoms with Crippen molar-refractivity contribution in [3.05, 3.63) is 42.8 Å². The Bertz CT molecular complexity index is 250. The Hall–Kier alpha value is -0.780. The van der Waals surface area contributed by atoms with Crippen molar-refractivity contribution in [1.29, 1.82) is 0 Å². The number of hydrogen-bond donors (Lipinski definition) is 0. The molecule has 1 aromatic rings. The summed E-state index contributed by atoms with van der Waals surface area (Å²) in [6.07, 6.45) is 13.5. The van der Waals surface area contributed by atoms with Crippen molar-refractivity contribution < 1.29 is 0 Å². The first kappa shape index (κ1) is 14.3. The fourth-order valence-corrected chi connectivity index (χ4v) is 2.21. The second-order valence-electron chi connectivity index (χ2n) is 4.92. The highest BCUT2D eigenvalue weighted by Gasteiger charge is 1.93. The van der Waals surface area contributed by atoms with E-state index in [-0.39, 0.29) is 0 Å². The van der Waals surface area contributed by atoms with Crippen molar-refractivity contribution in [2.24, 2.45) is 0 Å². The zero-order valence-corrected chi connectivity index (χ0v) is 11.2. The lowest BCUT2D eigenvalue weighted by molar-refractivity contribution is 0.569. The van der Waals surface area contributed by atoms with Crippen LogP contribution in [0.4, 0.5) is 0 Å². The number of benzene rings is 1. The van der Waals surface area contributed by atoms with Gasteiger partial charge in [-0.2, -0.15) is 0 Å². The molecule has 0 heterocycles. The largest absolute Gasteiger partial charge is 0.0622 e. The average Bonchev–Trinajstić information content (AvgIpc) is 2.38. The highest BCUT2D eigenvalue weighted by molar-refractivity contribution is 5.14. The molecule has 0 nitrogen and oxygen atoms in total. The van der Waals surface area contributed by atoms with E-state index in [0.717, 1.165) is 6.42 Å². The van der Waals surface area contributed by atoms with Crippen LogP contribution in [0.2, 0.25) is 0 Å². The van der Waals surface area contributed by atoms with E-state index in [9.17, 15) is 0 Å². The van der Waals surface area contributed by atoms with Gasteiger partial charge in [-0.15, -0.1) is 0 Å². The van der Waals surface area contributed by atoms with Gasteiger partial charge in [0.05, 0.1) is 0 Å². The summed E-state index contributed by atoms with van der Waals surface area (Å²) in [6.45, 7) is 3.87. The van der Waals surface area contributed by atoms with Crippen LogP contribution in [0.25, 0.3) is 0 Å². The van der Waals surface area contributed by atoms with E-state index < -0.39 is 0 Å².